The van der Waals surface area contributed by atoms with Crippen molar-refractivity contribution in [2.24, 2.45) is 5.92 Å². The summed E-state index contributed by atoms with van der Waals surface area (Å²) in [5, 5.41) is 0. The zero-order valence-corrected chi connectivity index (χ0v) is 18.3. The molecule has 1 atom stereocenters. The van der Waals surface area contributed by atoms with Crippen molar-refractivity contribution in [1.82, 2.24) is 9.47 Å². The Hall–Kier alpha value is -3.34. The van der Waals surface area contributed by atoms with Crippen molar-refractivity contribution in [2.45, 2.75) is 44.7 Å². The molecule has 0 spiro atoms. The van der Waals surface area contributed by atoms with Crippen molar-refractivity contribution in [3.05, 3.63) is 83.7 Å². The molecule has 162 valence electrons. The van der Waals surface area contributed by atoms with Crippen LogP contribution in [0.15, 0.2) is 66.9 Å². The van der Waals surface area contributed by atoms with Gasteiger partial charge in [0.25, 0.3) is 0 Å². The van der Waals surface area contributed by atoms with E-state index in [0.29, 0.717) is 0 Å². The van der Waals surface area contributed by atoms with Gasteiger partial charge in [0.15, 0.2) is 0 Å². The van der Waals surface area contributed by atoms with E-state index in [1.165, 1.54) is 5.56 Å². The molecule has 2 amide bonds. The van der Waals surface area contributed by atoms with Gasteiger partial charge in [-0.2, -0.15) is 0 Å². The van der Waals surface area contributed by atoms with Gasteiger partial charge in [-0.05, 0) is 62.4 Å². The Labute approximate surface area is 188 Å². The number of benzene rings is 2. The number of hydrogen-bond acceptors (Lipinski definition) is 2. The number of carbonyl (C=O) groups is 2. The summed E-state index contributed by atoms with van der Waals surface area (Å²) in [5.74, 6) is 0.278. The topological polar surface area (TPSA) is 45.6 Å². The van der Waals surface area contributed by atoms with Crippen LogP contribution in [0.3, 0.4) is 0 Å². The number of hydrogen-bond donors (Lipinski definition) is 0. The molecular formula is C27H27N3O2. The van der Waals surface area contributed by atoms with Gasteiger partial charge in [-0.15, -0.1) is 0 Å². The number of fused-ring (bicyclic) bond motifs is 3. The summed E-state index contributed by atoms with van der Waals surface area (Å²) >= 11 is 0. The van der Waals surface area contributed by atoms with Crippen LogP contribution in [0.2, 0.25) is 0 Å². The summed E-state index contributed by atoms with van der Waals surface area (Å²) in [5.41, 5.74) is 5.21. The Kier molecular flexibility index (Phi) is 4.46. The first-order chi connectivity index (χ1) is 15.6. The molecule has 2 aromatic carbocycles. The van der Waals surface area contributed by atoms with Crippen LogP contribution in [0.5, 0.6) is 0 Å². The highest BCUT2D eigenvalue weighted by Crippen LogP contribution is 2.43. The van der Waals surface area contributed by atoms with E-state index in [0.717, 1.165) is 48.3 Å². The zero-order chi connectivity index (χ0) is 21.8. The summed E-state index contributed by atoms with van der Waals surface area (Å²) in [6.07, 6.45) is 5.99. The van der Waals surface area contributed by atoms with E-state index in [2.05, 4.69) is 54.1 Å². The van der Waals surface area contributed by atoms with Gasteiger partial charge in [0.1, 0.15) is 12.6 Å². The van der Waals surface area contributed by atoms with Crippen LogP contribution in [0, 0.1) is 12.8 Å². The fraction of sp³-hybridized carbons (Fsp3) is 0.333. The third kappa shape index (κ3) is 3.24. The van der Waals surface area contributed by atoms with Crippen LogP contribution in [0.25, 0.3) is 5.69 Å². The molecular weight excluding hydrogens is 398 g/mol. The van der Waals surface area contributed by atoms with E-state index < -0.39 is 0 Å². The van der Waals surface area contributed by atoms with Crippen LogP contribution < -0.4 is 4.90 Å². The number of para-hydroxylation sites is 2. The van der Waals surface area contributed by atoms with Gasteiger partial charge in [-0.25, -0.2) is 0 Å². The van der Waals surface area contributed by atoms with Gasteiger partial charge >= 0.3 is 0 Å². The number of rotatable bonds is 5. The fourth-order valence-corrected chi connectivity index (χ4v) is 4.89. The highest BCUT2D eigenvalue weighted by molar-refractivity contribution is 6.00. The molecule has 3 aromatic rings. The van der Waals surface area contributed by atoms with Gasteiger partial charge in [-0.1, -0.05) is 42.0 Å². The maximum absolute atomic E-state index is 14.0. The van der Waals surface area contributed by atoms with Crippen LogP contribution in [-0.4, -0.2) is 33.9 Å². The van der Waals surface area contributed by atoms with Gasteiger partial charge in [0, 0.05) is 18.2 Å². The van der Waals surface area contributed by atoms with Gasteiger partial charge < -0.3 is 9.47 Å². The molecule has 3 aliphatic rings. The molecule has 0 radical (unpaired) electrons. The van der Waals surface area contributed by atoms with Gasteiger partial charge in [0.05, 0.1) is 17.1 Å². The average Bonchev–Trinajstić information content (AvgIpc) is 3.74. The van der Waals surface area contributed by atoms with Gasteiger partial charge in [0.2, 0.25) is 11.8 Å². The third-order valence-electron chi connectivity index (χ3n) is 6.88. The van der Waals surface area contributed by atoms with E-state index in [1.807, 2.05) is 34.1 Å². The Morgan fingerprint density at radius 1 is 0.906 bits per heavy atom. The maximum Gasteiger partial charge on any atom is 0.247 e. The molecule has 1 aromatic heterocycles. The Morgan fingerprint density at radius 3 is 2.31 bits per heavy atom. The Morgan fingerprint density at radius 2 is 1.62 bits per heavy atom. The quantitative estimate of drug-likeness (QED) is 0.599. The van der Waals surface area contributed by atoms with Crippen molar-refractivity contribution >= 4 is 17.5 Å². The largest absolute Gasteiger partial charge is 0.330 e. The van der Waals surface area contributed by atoms with Crippen molar-refractivity contribution in [3.8, 4) is 5.69 Å². The lowest BCUT2D eigenvalue weighted by atomic mass is 9.97. The second-order valence-electron chi connectivity index (χ2n) is 9.34. The minimum atomic E-state index is -0.231. The standard InChI is InChI=1S/C27H27N3O2/c1-18-8-10-19(11-9-18)26-24-7-4-16-28(24)22-5-2-3-6-23(22)30(26)25(31)17-29(21-14-15-21)27(32)20-12-13-20/h2-11,16,20-21,26H,12-15,17H2,1H3. The summed E-state index contributed by atoms with van der Waals surface area (Å²) in [7, 11) is 0. The molecule has 1 unspecified atom stereocenters. The normalized spacial score (nSPS) is 19.3. The van der Waals surface area contributed by atoms with Crippen LogP contribution >= 0.6 is 0 Å². The lowest BCUT2D eigenvalue weighted by Crippen LogP contribution is -2.47. The van der Waals surface area contributed by atoms with E-state index in [9.17, 15) is 9.59 Å². The molecule has 5 nitrogen and oxygen atoms in total. The highest BCUT2D eigenvalue weighted by Gasteiger charge is 2.43. The Balaban J connectivity index is 1.43. The molecule has 2 heterocycles. The number of aromatic nitrogens is 1. The van der Waals surface area contributed by atoms with E-state index in [-0.39, 0.29) is 36.4 Å². The molecule has 1 aliphatic heterocycles. The molecule has 2 saturated carbocycles. The lowest BCUT2D eigenvalue weighted by molar-refractivity contribution is -0.137. The fourth-order valence-electron chi connectivity index (χ4n) is 4.89. The molecule has 6 rings (SSSR count). The molecule has 0 bridgehead atoms. The molecule has 32 heavy (non-hydrogen) atoms. The highest BCUT2D eigenvalue weighted by atomic mass is 16.2. The Bertz CT molecular complexity index is 1190. The average molecular weight is 426 g/mol. The third-order valence-corrected chi connectivity index (χ3v) is 6.88. The zero-order valence-electron chi connectivity index (χ0n) is 18.3. The molecule has 2 fully saturated rings. The molecule has 0 N–H and O–H groups in total. The first-order valence-corrected chi connectivity index (χ1v) is 11.6. The maximum atomic E-state index is 14.0. The van der Waals surface area contributed by atoms with Crippen molar-refractivity contribution < 1.29 is 9.59 Å². The minimum Gasteiger partial charge on any atom is -0.330 e. The van der Waals surface area contributed by atoms with Crippen molar-refractivity contribution in [1.29, 1.82) is 0 Å². The number of nitrogens with zero attached hydrogens (tertiary/aromatic N) is 3. The van der Waals surface area contributed by atoms with Crippen LogP contribution in [0.4, 0.5) is 5.69 Å². The number of amides is 2. The predicted molar refractivity (Wildman–Crippen MR) is 124 cm³/mol. The van der Waals surface area contributed by atoms with Crippen LogP contribution in [0.1, 0.15) is 48.5 Å². The number of anilines is 1. The summed E-state index contributed by atoms with van der Waals surface area (Å²) in [6, 6.07) is 20.6. The first kappa shape index (κ1) is 19.4. The molecule has 2 aliphatic carbocycles. The summed E-state index contributed by atoms with van der Waals surface area (Å²) in [4.78, 5) is 30.7. The second kappa shape index (κ2) is 7.37. The van der Waals surface area contributed by atoms with Crippen molar-refractivity contribution in [3.63, 3.8) is 0 Å². The molecule has 5 heteroatoms. The first-order valence-electron chi connectivity index (χ1n) is 11.6. The van der Waals surface area contributed by atoms with Crippen molar-refractivity contribution in [2.75, 3.05) is 11.4 Å². The summed E-state index contributed by atoms with van der Waals surface area (Å²) < 4.78 is 2.18. The van der Waals surface area contributed by atoms with E-state index in [4.69, 9.17) is 0 Å². The smallest absolute Gasteiger partial charge is 0.247 e. The van der Waals surface area contributed by atoms with Crippen LogP contribution in [-0.2, 0) is 9.59 Å². The SMILES string of the molecule is Cc1ccc(C2c3cccn3-c3ccccc3N2C(=O)CN(C(=O)C2CC2)C2CC2)cc1. The lowest BCUT2D eigenvalue weighted by Gasteiger charge is -2.39. The molecule has 0 saturated heterocycles. The summed E-state index contributed by atoms with van der Waals surface area (Å²) in [6.45, 7) is 2.22. The van der Waals surface area contributed by atoms with E-state index in [1.54, 1.807) is 0 Å². The minimum absolute atomic E-state index is 0.0172. The van der Waals surface area contributed by atoms with Gasteiger partial charge in [-0.3, -0.25) is 14.5 Å². The number of aryl methyl sites for hydroxylation is 1. The monoisotopic (exact) mass is 425 g/mol. The van der Waals surface area contributed by atoms with E-state index >= 15 is 0 Å². The number of carbonyl (C=O) groups excluding carboxylic acids is 2. The second-order valence-corrected chi connectivity index (χ2v) is 9.34. The predicted octanol–water partition coefficient (Wildman–Crippen LogP) is 4.62.